The second-order valence-corrected chi connectivity index (χ2v) is 5.73. The van der Waals surface area contributed by atoms with Crippen LogP contribution in [0.4, 0.5) is 6.01 Å². The van der Waals surface area contributed by atoms with E-state index in [2.05, 4.69) is 17.2 Å². The Labute approximate surface area is 131 Å². The first-order valence-electron chi connectivity index (χ1n) is 8.45. The first-order chi connectivity index (χ1) is 10.8. The van der Waals surface area contributed by atoms with E-state index in [-0.39, 0.29) is 5.63 Å². The number of hydrogen-bond acceptors (Lipinski definition) is 4. The molecule has 1 N–H and O–H groups in total. The molecule has 120 valence electrons. The largest absolute Gasteiger partial charge is 0.389 e. The average Bonchev–Trinajstić information content (AvgIpc) is 2.53. The van der Waals surface area contributed by atoms with Crippen LogP contribution in [0.5, 0.6) is 0 Å². The van der Waals surface area contributed by atoms with Gasteiger partial charge in [0.2, 0.25) is 0 Å². The third-order valence-corrected chi connectivity index (χ3v) is 3.84. The molecule has 1 aromatic carbocycles. The SMILES string of the molecule is CCCCCCCCCCNc1nc2ccccc2c(=O)o1. The molecule has 0 spiro atoms. The number of fused-ring (bicyclic) bond motifs is 1. The molecule has 0 bridgehead atoms. The van der Waals surface area contributed by atoms with Crippen molar-refractivity contribution in [3.05, 3.63) is 34.7 Å². The van der Waals surface area contributed by atoms with Gasteiger partial charge in [0.15, 0.2) is 0 Å². The summed E-state index contributed by atoms with van der Waals surface area (Å²) in [7, 11) is 0. The maximum atomic E-state index is 11.8. The summed E-state index contributed by atoms with van der Waals surface area (Å²) in [6.07, 6.45) is 10.2. The Morgan fingerprint density at radius 1 is 1.00 bits per heavy atom. The lowest BCUT2D eigenvalue weighted by Gasteiger charge is -2.05. The third-order valence-electron chi connectivity index (χ3n) is 3.84. The van der Waals surface area contributed by atoms with Crippen molar-refractivity contribution in [1.82, 2.24) is 4.98 Å². The minimum absolute atomic E-state index is 0.326. The van der Waals surface area contributed by atoms with E-state index >= 15 is 0 Å². The van der Waals surface area contributed by atoms with E-state index in [1.54, 1.807) is 6.07 Å². The number of anilines is 1. The molecule has 4 nitrogen and oxygen atoms in total. The van der Waals surface area contributed by atoms with Crippen LogP contribution in [0.3, 0.4) is 0 Å². The summed E-state index contributed by atoms with van der Waals surface area (Å²) in [6, 6.07) is 7.57. The van der Waals surface area contributed by atoms with Gasteiger partial charge in [-0.05, 0) is 18.6 Å². The highest BCUT2D eigenvalue weighted by Crippen LogP contribution is 2.11. The van der Waals surface area contributed by atoms with Crippen LogP contribution in [0.15, 0.2) is 33.5 Å². The van der Waals surface area contributed by atoms with E-state index in [9.17, 15) is 4.79 Å². The fraction of sp³-hybridized carbons (Fsp3) is 0.556. The van der Waals surface area contributed by atoms with Crippen molar-refractivity contribution in [2.45, 2.75) is 58.3 Å². The summed E-state index contributed by atoms with van der Waals surface area (Å²) in [5.74, 6) is 0. The number of nitrogens with zero attached hydrogens (tertiary/aromatic N) is 1. The molecule has 2 rings (SSSR count). The number of nitrogens with one attached hydrogen (secondary N) is 1. The second kappa shape index (κ2) is 9.23. The van der Waals surface area contributed by atoms with Gasteiger partial charge in [0.25, 0.3) is 6.01 Å². The first kappa shape index (κ1) is 16.5. The van der Waals surface area contributed by atoms with E-state index in [0.29, 0.717) is 16.9 Å². The molecule has 0 unspecified atom stereocenters. The lowest BCUT2D eigenvalue weighted by molar-refractivity contribution is 0.513. The Morgan fingerprint density at radius 2 is 1.68 bits per heavy atom. The molecule has 0 saturated heterocycles. The van der Waals surface area contributed by atoms with Crippen molar-refractivity contribution < 1.29 is 4.42 Å². The number of rotatable bonds is 10. The fourth-order valence-electron chi connectivity index (χ4n) is 2.55. The number of benzene rings is 1. The van der Waals surface area contributed by atoms with Gasteiger partial charge in [0, 0.05) is 6.54 Å². The topological polar surface area (TPSA) is 55.1 Å². The van der Waals surface area contributed by atoms with E-state index in [4.69, 9.17) is 4.42 Å². The van der Waals surface area contributed by atoms with Gasteiger partial charge in [-0.3, -0.25) is 0 Å². The molecule has 4 heteroatoms. The summed E-state index contributed by atoms with van der Waals surface area (Å²) in [4.78, 5) is 16.1. The zero-order valence-electron chi connectivity index (χ0n) is 13.4. The van der Waals surface area contributed by atoms with Gasteiger partial charge >= 0.3 is 5.63 Å². The van der Waals surface area contributed by atoms with Crippen LogP contribution >= 0.6 is 0 Å². The lowest BCUT2D eigenvalue weighted by Crippen LogP contribution is -2.08. The van der Waals surface area contributed by atoms with Gasteiger partial charge in [-0.1, -0.05) is 64.0 Å². The molecule has 0 radical (unpaired) electrons. The fourth-order valence-corrected chi connectivity index (χ4v) is 2.55. The Balaban J connectivity index is 1.68. The number of aromatic nitrogens is 1. The van der Waals surface area contributed by atoms with Crippen molar-refractivity contribution >= 4 is 16.9 Å². The van der Waals surface area contributed by atoms with Gasteiger partial charge in [0.1, 0.15) is 0 Å². The van der Waals surface area contributed by atoms with Gasteiger partial charge in [0.05, 0.1) is 10.9 Å². The Hall–Kier alpha value is -1.84. The van der Waals surface area contributed by atoms with Gasteiger partial charge < -0.3 is 9.73 Å². The Morgan fingerprint density at radius 3 is 2.45 bits per heavy atom. The number of unbranched alkanes of at least 4 members (excludes halogenated alkanes) is 7. The smallest absolute Gasteiger partial charge is 0.348 e. The number of para-hydroxylation sites is 1. The molecule has 0 atom stereocenters. The molecule has 0 aliphatic rings. The van der Waals surface area contributed by atoms with Gasteiger partial charge in [-0.25, -0.2) is 4.79 Å². The zero-order valence-corrected chi connectivity index (χ0v) is 13.4. The summed E-state index contributed by atoms with van der Waals surface area (Å²) < 4.78 is 5.18. The molecule has 22 heavy (non-hydrogen) atoms. The monoisotopic (exact) mass is 302 g/mol. The summed E-state index contributed by atoms with van der Waals surface area (Å²) in [5.41, 5.74) is 0.348. The second-order valence-electron chi connectivity index (χ2n) is 5.73. The molecule has 1 heterocycles. The highest BCUT2D eigenvalue weighted by molar-refractivity contribution is 5.77. The van der Waals surface area contributed by atoms with Crippen LogP contribution in [0.25, 0.3) is 10.9 Å². The van der Waals surface area contributed by atoms with Crippen LogP contribution < -0.4 is 10.9 Å². The number of hydrogen-bond donors (Lipinski definition) is 1. The van der Waals surface area contributed by atoms with Crippen LogP contribution in [0, 0.1) is 0 Å². The molecular weight excluding hydrogens is 276 g/mol. The van der Waals surface area contributed by atoms with E-state index in [1.165, 1.54) is 44.9 Å². The molecule has 0 aliphatic heterocycles. The molecule has 2 aromatic rings. The van der Waals surface area contributed by atoms with Gasteiger partial charge in [-0.2, -0.15) is 4.98 Å². The summed E-state index contributed by atoms with van der Waals surface area (Å²) >= 11 is 0. The highest BCUT2D eigenvalue weighted by atomic mass is 16.4. The van der Waals surface area contributed by atoms with Crippen molar-refractivity contribution in [2.75, 3.05) is 11.9 Å². The van der Waals surface area contributed by atoms with Crippen LogP contribution in [0.2, 0.25) is 0 Å². The molecule has 1 aromatic heterocycles. The Bertz CT molecular complexity index is 622. The lowest BCUT2D eigenvalue weighted by atomic mass is 10.1. The highest BCUT2D eigenvalue weighted by Gasteiger charge is 2.04. The van der Waals surface area contributed by atoms with E-state index in [1.807, 2.05) is 18.2 Å². The van der Waals surface area contributed by atoms with E-state index < -0.39 is 0 Å². The molecule has 0 saturated carbocycles. The summed E-state index contributed by atoms with van der Waals surface area (Å²) in [5, 5.41) is 3.64. The maximum Gasteiger partial charge on any atom is 0.348 e. The third kappa shape index (κ3) is 5.17. The van der Waals surface area contributed by atoms with Crippen molar-refractivity contribution in [2.24, 2.45) is 0 Å². The van der Waals surface area contributed by atoms with Gasteiger partial charge in [-0.15, -0.1) is 0 Å². The normalized spacial score (nSPS) is 11.0. The van der Waals surface area contributed by atoms with E-state index in [0.717, 1.165) is 13.0 Å². The van der Waals surface area contributed by atoms with Crippen LogP contribution in [-0.4, -0.2) is 11.5 Å². The molecule has 0 aliphatic carbocycles. The van der Waals surface area contributed by atoms with Crippen LogP contribution in [-0.2, 0) is 0 Å². The Kier molecular flexibility index (Phi) is 6.94. The predicted octanol–water partition coefficient (Wildman–Crippen LogP) is 4.74. The van der Waals surface area contributed by atoms with Crippen molar-refractivity contribution in [3.8, 4) is 0 Å². The minimum atomic E-state index is -0.330. The summed E-state index contributed by atoms with van der Waals surface area (Å²) in [6.45, 7) is 3.04. The quantitative estimate of drug-likeness (QED) is 0.644. The average molecular weight is 302 g/mol. The standard InChI is InChI=1S/C18H26N2O2/c1-2-3-4-5-6-7-8-11-14-19-18-20-16-13-10-9-12-15(16)17(21)22-18/h9-10,12-13H,2-8,11,14H2,1H3,(H,19,20). The van der Waals surface area contributed by atoms with Crippen molar-refractivity contribution in [3.63, 3.8) is 0 Å². The first-order valence-corrected chi connectivity index (χ1v) is 8.45. The van der Waals surface area contributed by atoms with Crippen LogP contribution in [0.1, 0.15) is 58.3 Å². The zero-order chi connectivity index (χ0) is 15.6. The molecule has 0 fully saturated rings. The predicted molar refractivity (Wildman–Crippen MR) is 91.4 cm³/mol. The van der Waals surface area contributed by atoms with Crippen molar-refractivity contribution in [1.29, 1.82) is 0 Å². The maximum absolute atomic E-state index is 11.8. The molecular formula is C18H26N2O2. The molecule has 0 amide bonds. The minimum Gasteiger partial charge on any atom is -0.389 e.